The van der Waals surface area contributed by atoms with E-state index in [1.807, 2.05) is 0 Å². The lowest BCUT2D eigenvalue weighted by atomic mass is 9.89. The molecule has 3 heterocycles. The van der Waals surface area contributed by atoms with Crippen molar-refractivity contribution in [2.24, 2.45) is 11.8 Å². The lowest BCUT2D eigenvalue weighted by Gasteiger charge is -2.26. The van der Waals surface area contributed by atoms with Crippen molar-refractivity contribution in [2.75, 3.05) is 39.5 Å². The summed E-state index contributed by atoms with van der Waals surface area (Å²) in [4.78, 5) is 63.5. The number of aliphatic hydroxyl groups is 1. The molecule has 52 heavy (non-hydrogen) atoms. The van der Waals surface area contributed by atoms with Gasteiger partial charge in [0.05, 0.1) is 62.4 Å². The molecule has 0 radical (unpaired) electrons. The van der Waals surface area contributed by atoms with Crippen LogP contribution in [0.15, 0.2) is 0 Å². The van der Waals surface area contributed by atoms with E-state index in [1.54, 1.807) is 25.7 Å². The lowest BCUT2D eigenvalue weighted by Crippen LogP contribution is -2.39. The maximum atomic E-state index is 13.2. The third kappa shape index (κ3) is 12.3. The summed E-state index contributed by atoms with van der Waals surface area (Å²) in [5, 5.41) is 10.0. The van der Waals surface area contributed by atoms with Gasteiger partial charge in [-0.15, -0.1) is 0 Å². The van der Waals surface area contributed by atoms with Gasteiger partial charge in [-0.1, -0.05) is 47.5 Å². The fraction of sp³-hybridized carbons (Fsp3) is 0.912. The number of carbonyl (C=O) groups is 3. The number of carbonyl (C=O) groups excluding carboxylic acids is 3. The second-order valence-electron chi connectivity index (χ2n) is 15.0. The largest absolute Gasteiger partial charge is 0.472 e. The highest BCUT2D eigenvalue weighted by atomic mass is 31.2. The summed E-state index contributed by atoms with van der Waals surface area (Å²) in [5.41, 5.74) is 0. The number of phosphoric ester groups is 2. The van der Waals surface area contributed by atoms with Crippen molar-refractivity contribution in [3.63, 3.8) is 0 Å². The Morgan fingerprint density at radius 2 is 1.12 bits per heavy atom. The Morgan fingerprint density at radius 1 is 0.654 bits per heavy atom. The van der Waals surface area contributed by atoms with E-state index in [-0.39, 0.29) is 88.2 Å². The van der Waals surface area contributed by atoms with Gasteiger partial charge in [0.2, 0.25) is 17.7 Å². The molecule has 18 heteroatoms. The summed E-state index contributed by atoms with van der Waals surface area (Å²) < 4.78 is 54.0. The van der Waals surface area contributed by atoms with Crippen LogP contribution in [0.4, 0.5) is 0 Å². The number of β-amino-alcohol motifs (C(OH)–C–C–N with tert-alkyl or cyclic N) is 1. The molecule has 3 aliphatic heterocycles. The fourth-order valence-electron chi connectivity index (χ4n) is 7.97. The molecule has 4 aliphatic rings. The molecule has 3 saturated heterocycles. The number of likely N-dealkylation sites (tertiary alicyclic amines) is 3. The van der Waals surface area contributed by atoms with Crippen LogP contribution in [0.25, 0.3) is 0 Å². The predicted octanol–water partition coefficient (Wildman–Crippen LogP) is 4.01. The van der Waals surface area contributed by atoms with Crippen molar-refractivity contribution in [3.8, 4) is 0 Å². The molecule has 300 valence electrons. The molecule has 3 amide bonds. The molecule has 1 saturated carbocycles. The Morgan fingerprint density at radius 3 is 1.60 bits per heavy atom. The van der Waals surface area contributed by atoms with E-state index in [9.17, 15) is 38.4 Å². The topological polar surface area (TPSA) is 202 Å². The molecule has 4 fully saturated rings. The van der Waals surface area contributed by atoms with Crippen LogP contribution in [0.5, 0.6) is 0 Å². The van der Waals surface area contributed by atoms with Crippen LogP contribution in [0.3, 0.4) is 0 Å². The quantitative estimate of drug-likeness (QED) is 0.141. The van der Waals surface area contributed by atoms with Crippen molar-refractivity contribution in [1.82, 2.24) is 14.7 Å². The van der Waals surface area contributed by atoms with Crippen molar-refractivity contribution < 1.29 is 61.2 Å². The zero-order valence-electron chi connectivity index (χ0n) is 31.4. The lowest BCUT2D eigenvalue weighted by molar-refractivity contribution is -0.134. The molecular formula is C34H61N3O13P2. The Balaban J connectivity index is 1.29. The molecule has 1 aliphatic carbocycles. The highest BCUT2D eigenvalue weighted by Crippen LogP contribution is 2.49. The van der Waals surface area contributed by atoms with Gasteiger partial charge in [-0.25, -0.2) is 9.13 Å². The van der Waals surface area contributed by atoms with Crippen LogP contribution in [0.1, 0.15) is 105 Å². The zero-order valence-corrected chi connectivity index (χ0v) is 33.2. The van der Waals surface area contributed by atoms with Crippen LogP contribution in [0, 0.1) is 11.8 Å². The van der Waals surface area contributed by atoms with Gasteiger partial charge >= 0.3 is 15.6 Å². The second-order valence-corrected chi connectivity index (χ2v) is 17.8. The third-order valence-corrected chi connectivity index (χ3v) is 12.9. The highest BCUT2D eigenvalue weighted by Gasteiger charge is 2.44. The molecule has 4 rings (SSSR count). The van der Waals surface area contributed by atoms with Gasteiger partial charge in [0.15, 0.2) is 0 Å². The first-order valence-electron chi connectivity index (χ1n) is 19.0. The minimum Gasteiger partial charge on any atom is -0.391 e. The van der Waals surface area contributed by atoms with E-state index in [0.29, 0.717) is 24.9 Å². The highest BCUT2D eigenvalue weighted by molar-refractivity contribution is 7.47. The third-order valence-electron chi connectivity index (χ3n) is 10.9. The minimum atomic E-state index is -4.66. The number of hydrogen-bond donors (Lipinski definition) is 3. The van der Waals surface area contributed by atoms with Crippen LogP contribution in [-0.2, 0) is 46.3 Å². The van der Waals surface area contributed by atoms with Gasteiger partial charge < -0.3 is 34.3 Å². The molecule has 10 atom stereocenters. The van der Waals surface area contributed by atoms with Crippen molar-refractivity contribution in [3.05, 3.63) is 0 Å². The standard InChI is InChI=1S/C34H61N3O13P2/c1-6-32(39)35-17-28(38)14-25(35)21-47-51(42,43)50-31-16-27(37(19-31)34(41)8-3)22-48-52(44,45)49-30-15-26(36(18-30)33(40)7-2)20-46-29-11-9-10-24(12-13-29)23(4)5/h23-31,38H,6-22H2,1-5H3,(H,42,43)(H,44,45)/t24?,25-,26-,27-,28+,29?,30+,31+/m0/s1. The number of ether oxygens (including phenoxy) is 1. The molecule has 0 bridgehead atoms. The monoisotopic (exact) mass is 781 g/mol. The smallest absolute Gasteiger partial charge is 0.391 e. The van der Waals surface area contributed by atoms with Crippen LogP contribution >= 0.6 is 15.6 Å². The summed E-state index contributed by atoms with van der Waals surface area (Å²) in [6.45, 7) is 9.34. The summed E-state index contributed by atoms with van der Waals surface area (Å²) in [7, 11) is -9.32. The van der Waals surface area contributed by atoms with Crippen LogP contribution < -0.4 is 0 Å². The first kappa shape index (κ1) is 43.3. The molecular weight excluding hydrogens is 720 g/mol. The Kier molecular flexibility index (Phi) is 16.2. The number of amides is 3. The maximum Gasteiger partial charge on any atom is 0.472 e. The van der Waals surface area contributed by atoms with Gasteiger partial charge in [0.25, 0.3) is 0 Å². The van der Waals surface area contributed by atoms with Gasteiger partial charge in [-0.05, 0) is 50.4 Å². The fourth-order valence-corrected chi connectivity index (χ4v) is 9.87. The first-order valence-corrected chi connectivity index (χ1v) is 22.0. The summed E-state index contributed by atoms with van der Waals surface area (Å²) >= 11 is 0. The zero-order chi connectivity index (χ0) is 38.2. The molecule has 0 aromatic heterocycles. The van der Waals surface area contributed by atoms with E-state index in [2.05, 4.69) is 13.8 Å². The van der Waals surface area contributed by atoms with Crippen LogP contribution in [0.2, 0.25) is 0 Å². The molecule has 16 nitrogen and oxygen atoms in total. The Hall–Kier alpha value is -1.45. The number of rotatable bonds is 17. The normalized spacial score (nSPS) is 32.2. The Labute approximate surface area is 308 Å². The van der Waals surface area contributed by atoms with E-state index in [4.69, 9.17) is 22.8 Å². The number of aliphatic hydroxyl groups excluding tert-OH is 1. The van der Waals surface area contributed by atoms with Crippen molar-refractivity contribution >= 4 is 33.4 Å². The number of hydrogen-bond acceptors (Lipinski definition) is 11. The second kappa shape index (κ2) is 19.4. The van der Waals surface area contributed by atoms with Crippen LogP contribution in [-0.4, -0.2) is 129 Å². The molecule has 4 unspecified atom stereocenters. The molecule has 0 aromatic rings. The van der Waals surface area contributed by atoms with E-state index in [1.165, 1.54) is 16.2 Å². The Bertz CT molecular complexity index is 1310. The summed E-state index contributed by atoms with van der Waals surface area (Å²) in [5.74, 6) is 0.695. The van der Waals surface area contributed by atoms with E-state index in [0.717, 1.165) is 25.7 Å². The van der Waals surface area contributed by atoms with Gasteiger partial charge in [-0.2, -0.15) is 0 Å². The molecule has 3 N–H and O–H groups in total. The number of phosphoric acid groups is 2. The number of nitrogens with zero attached hydrogens (tertiary/aromatic N) is 3. The maximum absolute atomic E-state index is 13.2. The average Bonchev–Trinajstić information content (AvgIpc) is 3.74. The predicted molar refractivity (Wildman–Crippen MR) is 190 cm³/mol. The van der Waals surface area contributed by atoms with Crippen molar-refractivity contribution in [2.45, 2.75) is 148 Å². The summed E-state index contributed by atoms with van der Waals surface area (Å²) in [6, 6.07) is -1.67. The van der Waals surface area contributed by atoms with Crippen molar-refractivity contribution in [1.29, 1.82) is 0 Å². The summed E-state index contributed by atoms with van der Waals surface area (Å²) in [6.07, 6.45) is 4.06. The minimum absolute atomic E-state index is 0.0168. The van der Waals surface area contributed by atoms with Gasteiger partial charge in [-0.3, -0.25) is 32.5 Å². The first-order chi connectivity index (χ1) is 24.5. The average molecular weight is 782 g/mol. The van der Waals surface area contributed by atoms with E-state index >= 15 is 0 Å². The van der Waals surface area contributed by atoms with Gasteiger partial charge in [0, 0.05) is 38.9 Å². The SMILES string of the molecule is CCC(=O)N1C[C@H](O)C[C@H]1COP(=O)(O)O[C@@H]1C[C@@H](COP(=O)(O)O[C@@H]2C[C@@H](COC3CCCC(C(C)C)CC3)N(C(=O)CC)C2)N(C(=O)CC)C1. The molecule has 0 aromatic carbocycles. The molecule has 0 spiro atoms. The van der Waals surface area contributed by atoms with E-state index < -0.39 is 52.6 Å². The van der Waals surface area contributed by atoms with Gasteiger partial charge in [0.1, 0.15) is 0 Å².